The van der Waals surface area contributed by atoms with Gasteiger partial charge in [-0.05, 0) is 37.9 Å². The Morgan fingerprint density at radius 2 is 1.86 bits per heavy atom. The van der Waals surface area contributed by atoms with Gasteiger partial charge in [0.1, 0.15) is 17.1 Å². The predicted molar refractivity (Wildman–Crippen MR) is 110 cm³/mol. The van der Waals surface area contributed by atoms with E-state index >= 15 is 0 Å². The molecule has 0 unspecified atom stereocenters. The maximum absolute atomic E-state index is 12.0. The van der Waals surface area contributed by atoms with E-state index < -0.39 is 0 Å². The Morgan fingerprint density at radius 3 is 2.57 bits per heavy atom. The van der Waals surface area contributed by atoms with E-state index in [0.717, 1.165) is 22.3 Å². The zero-order chi connectivity index (χ0) is 20.1. The molecule has 1 N–H and O–H groups in total. The lowest BCUT2D eigenvalue weighted by Gasteiger charge is -2.26. The molecule has 28 heavy (non-hydrogen) atoms. The highest BCUT2D eigenvalue weighted by atomic mass is 16.5. The standard InChI is InChI=1S/C22H26N2O4/c1-24(2)19(18-7-5-6-8-20(18)27-4)14-23-13-15-11-22(25)28-21-12-16(26-3)9-10-17(15)21/h5-12,19,23H,13-14H2,1-4H3/t19-/m0/s1. The van der Waals surface area contributed by atoms with Gasteiger partial charge in [0.25, 0.3) is 0 Å². The van der Waals surface area contributed by atoms with E-state index in [1.54, 1.807) is 20.3 Å². The van der Waals surface area contributed by atoms with Crippen molar-refractivity contribution in [3.63, 3.8) is 0 Å². The molecule has 6 heteroatoms. The monoisotopic (exact) mass is 382 g/mol. The van der Waals surface area contributed by atoms with E-state index in [2.05, 4.69) is 16.3 Å². The third-order valence-corrected chi connectivity index (χ3v) is 4.81. The van der Waals surface area contributed by atoms with Crippen molar-refractivity contribution in [3.05, 3.63) is 70.1 Å². The Bertz CT molecular complexity index is 997. The van der Waals surface area contributed by atoms with E-state index in [0.29, 0.717) is 24.4 Å². The maximum Gasteiger partial charge on any atom is 0.336 e. The molecule has 3 aromatic rings. The van der Waals surface area contributed by atoms with Gasteiger partial charge >= 0.3 is 5.63 Å². The van der Waals surface area contributed by atoms with Crippen LogP contribution in [0.25, 0.3) is 11.0 Å². The number of likely N-dealkylation sites (N-methyl/N-ethyl adjacent to an activating group) is 1. The molecule has 0 aliphatic heterocycles. The topological polar surface area (TPSA) is 63.9 Å². The highest BCUT2D eigenvalue weighted by Crippen LogP contribution is 2.28. The summed E-state index contributed by atoms with van der Waals surface area (Å²) in [7, 11) is 7.35. The average molecular weight is 382 g/mol. The van der Waals surface area contributed by atoms with Crippen molar-refractivity contribution in [2.45, 2.75) is 12.6 Å². The fourth-order valence-electron chi connectivity index (χ4n) is 3.34. The summed E-state index contributed by atoms with van der Waals surface area (Å²) in [6.07, 6.45) is 0. The normalized spacial score (nSPS) is 12.3. The molecule has 0 aliphatic rings. The molecule has 0 amide bonds. The van der Waals surface area contributed by atoms with Crippen LogP contribution in [0.5, 0.6) is 11.5 Å². The first kappa shape index (κ1) is 19.9. The Kier molecular flexibility index (Phi) is 6.34. The van der Waals surface area contributed by atoms with Gasteiger partial charge in [-0.15, -0.1) is 0 Å². The van der Waals surface area contributed by atoms with Crippen LogP contribution in [0.15, 0.2) is 57.7 Å². The molecule has 1 heterocycles. The number of nitrogens with one attached hydrogen (secondary N) is 1. The number of nitrogens with zero attached hydrogens (tertiary/aromatic N) is 1. The zero-order valence-electron chi connectivity index (χ0n) is 16.7. The van der Waals surface area contributed by atoms with Gasteiger partial charge in [0.15, 0.2) is 0 Å². The Labute approximate surface area is 164 Å². The quantitative estimate of drug-likeness (QED) is 0.604. The van der Waals surface area contributed by atoms with E-state index in [1.165, 1.54) is 6.07 Å². The molecule has 0 aliphatic carbocycles. The van der Waals surface area contributed by atoms with Crippen LogP contribution in [0.2, 0.25) is 0 Å². The van der Waals surface area contributed by atoms with Crippen molar-refractivity contribution in [3.8, 4) is 11.5 Å². The predicted octanol–water partition coefficient (Wildman–Crippen LogP) is 3.20. The minimum absolute atomic E-state index is 0.127. The number of benzene rings is 2. The van der Waals surface area contributed by atoms with Crippen LogP contribution in [0, 0.1) is 0 Å². The SMILES string of the molecule is COc1ccc2c(CNC[C@@H](c3ccccc3OC)N(C)C)cc(=O)oc2c1. The molecule has 148 valence electrons. The largest absolute Gasteiger partial charge is 0.497 e. The van der Waals surface area contributed by atoms with Gasteiger partial charge in [0, 0.05) is 36.2 Å². The van der Waals surface area contributed by atoms with Gasteiger partial charge in [0.05, 0.1) is 20.3 Å². The van der Waals surface area contributed by atoms with Crippen molar-refractivity contribution in [1.82, 2.24) is 10.2 Å². The van der Waals surface area contributed by atoms with Crippen LogP contribution in [-0.2, 0) is 6.54 Å². The summed E-state index contributed by atoms with van der Waals surface area (Å²) in [4.78, 5) is 14.1. The number of hydrogen-bond donors (Lipinski definition) is 1. The number of rotatable bonds is 8. The summed E-state index contributed by atoms with van der Waals surface area (Å²) >= 11 is 0. The van der Waals surface area contributed by atoms with E-state index in [4.69, 9.17) is 13.9 Å². The summed E-state index contributed by atoms with van der Waals surface area (Å²) < 4.78 is 16.1. The van der Waals surface area contributed by atoms with Crippen molar-refractivity contribution in [2.24, 2.45) is 0 Å². The van der Waals surface area contributed by atoms with Crippen molar-refractivity contribution in [1.29, 1.82) is 0 Å². The lowest BCUT2D eigenvalue weighted by atomic mass is 10.0. The van der Waals surface area contributed by atoms with Crippen molar-refractivity contribution >= 4 is 11.0 Å². The Morgan fingerprint density at radius 1 is 1.07 bits per heavy atom. The van der Waals surface area contributed by atoms with Crippen LogP contribution >= 0.6 is 0 Å². The zero-order valence-corrected chi connectivity index (χ0v) is 16.7. The van der Waals surface area contributed by atoms with E-state index in [9.17, 15) is 4.79 Å². The van der Waals surface area contributed by atoms with E-state index in [-0.39, 0.29) is 11.7 Å². The third-order valence-electron chi connectivity index (χ3n) is 4.81. The molecule has 6 nitrogen and oxygen atoms in total. The second kappa shape index (κ2) is 8.91. The molecule has 0 saturated heterocycles. The highest BCUT2D eigenvalue weighted by Gasteiger charge is 2.18. The molecular formula is C22H26N2O4. The second-order valence-electron chi connectivity index (χ2n) is 6.81. The van der Waals surface area contributed by atoms with Gasteiger partial charge in [-0.3, -0.25) is 0 Å². The molecule has 0 spiro atoms. The maximum atomic E-state index is 12.0. The van der Waals surface area contributed by atoms with Gasteiger partial charge in [-0.25, -0.2) is 4.79 Å². The minimum atomic E-state index is -0.369. The first-order chi connectivity index (χ1) is 13.5. The summed E-state index contributed by atoms with van der Waals surface area (Å²) in [5.74, 6) is 1.52. The van der Waals surface area contributed by atoms with Gasteiger partial charge < -0.3 is 24.1 Å². The molecule has 1 atom stereocenters. The molecular weight excluding hydrogens is 356 g/mol. The van der Waals surface area contributed by atoms with Gasteiger partial charge in [0.2, 0.25) is 0 Å². The molecule has 0 fully saturated rings. The van der Waals surface area contributed by atoms with Crippen LogP contribution < -0.4 is 20.4 Å². The third kappa shape index (κ3) is 4.35. The fraction of sp³-hybridized carbons (Fsp3) is 0.318. The van der Waals surface area contributed by atoms with Gasteiger partial charge in [-0.1, -0.05) is 18.2 Å². The van der Waals surface area contributed by atoms with E-state index in [1.807, 2.05) is 44.4 Å². The molecule has 2 aromatic carbocycles. The summed E-state index contributed by atoms with van der Waals surface area (Å²) in [5, 5.41) is 4.37. The van der Waals surface area contributed by atoms with Crippen LogP contribution in [0.3, 0.4) is 0 Å². The molecule has 1 aromatic heterocycles. The van der Waals surface area contributed by atoms with Crippen LogP contribution in [0.1, 0.15) is 17.2 Å². The molecule has 0 saturated carbocycles. The summed E-state index contributed by atoms with van der Waals surface area (Å²) in [5.41, 5.74) is 2.17. The summed E-state index contributed by atoms with van der Waals surface area (Å²) in [6.45, 7) is 1.25. The lowest BCUT2D eigenvalue weighted by molar-refractivity contribution is 0.279. The smallest absolute Gasteiger partial charge is 0.336 e. The molecule has 0 radical (unpaired) electrons. The summed E-state index contributed by atoms with van der Waals surface area (Å²) in [6, 6.07) is 15.2. The number of methoxy groups -OCH3 is 2. The van der Waals surface area contributed by atoms with Gasteiger partial charge in [-0.2, -0.15) is 0 Å². The minimum Gasteiger partial charge on any atom is -0.497 e. The Hall–Kier alpha value is -2.83. The second-order valence-corrected chi connectivity index (χ2v) is 6.81. The lowest BCUT2D eigenvalue weighted by Crippen LogP contribution is -2.31. The molecule has 3 rings (SSSR count). The highest BCUT2D eigenvalue weighted by molar-refractivity contribution is 5.81. The average Bonchev–Trinajstić information content (AvgIpc) is 2.70. The molecule has 0 bridgehead atoms. The Balaban J connectivity index is 1.80. The number of para-hydroxylation sites is 1. The fourth-order valence-corrected chi connectivity index (χ4v) is 3.34. The number of hydrogen-bond acceptors (Lipinski definition) is 6. The first-order valence-corrected chi connectivity index (χ1v) is 9.14. The number of fused-ring (bicyclic) bond motifs is 1. The van der Waals surface area contributed by atoms with Crippen molar-refractivity contribution < 1.29 is 13.9 Å². The van der Waals surface area contributed by atoms with Crippen LogP contribution in [0.4, 0.5) is 0 Å². The van der Waals surface area contributed by atoms with Crippen LogP contribution in [-0.4, -0.2) is 39.8 Å². The van der Waals surface area contributed by atoms with Crippen molar-refractivity contribution in [2.75, 3.05) is 34.9 Å². The first-order valence-electron chi connectivity index (χ1n) is 9.14. The number of ether oxygens (including phenoxy) is 2.